The molecule has 92 valence electrons. The number of thiophene rings is 1. The lowest BCUT2D eigenvalue weighted by Gasteiger charge is -2.07. The van der Waals surface area contributed by atoms with Crippen molar-refractivity contribution in [1.82, 2.24) is 5.32 Å². The summed E-state index contributed by atoms with van der Waals surface area (Å²) in [7, 11) is 0. The maximum absolute atomic E-state index is 8.82. The molecule has 0 aliphatic heterocycles. The minimum Gasteiger partial charge on any atom is -0.308 e. The highest BCUT2D eigenvalue weighted by Crippen LogP contribution is 2.22. The second kappa shape index (κ2) is 6.14. The van der Waals surface area contributed by atoms with Gasteiger partial charge in [-0.25, -0.2) is 0 Å². The highest BCUT2D eigenvalue weighted by Gasteiger charge is 2.02. The van der Waals surface area contributed by atoms with Crippen molar-refractivity contribution in [3.8, 4) is 6.07 Å². The second-order valence-electron chi connectivity index (χ2n) is 4.05. The predicted molar refractivity (Wildman–Crippen MR) is 78.5 cm³/mol. The van der Waals surface area contributed by atoms with Gasteiger partial charge in [-0.15, -0.1) is 11.3 Å². The van der Waals surface area contributed by atoms with Gasteiger partial charge in [-0.2, -0.15) is 5.26 Å². The lowest BCUT2D eigenvalue weighted by atomic mass is 10.1. The van der Waals surface area contributed by atoms with Gasteiger partial charge in [0.05, 0.1) is 11.6 Å². The lowest BCUT2D eigenvalue weighted by molar-refractivity contribution is 0.696. The standard InChI is InChI=1S/C14H13BrN2S/c1-10-6-11(7-16)2-3-12(10)8-17-9-14-13(15)4-5-18-14/h2-6,17H,8-9H2,1H3. The van der Waals surface area contributed by atoms with E-state index >= 15 is 0 Å². The molecular weight excluding hydrogens is 308 g/mol. The molecule has 0 aliphatic rings. The third-order valence-electron chi connectivity index (χ3n) is 2.76. The second-order valence-corrected chi connectivity index (χ2v) is 5.90. The zero-order valence-electron chi connectivity index (χ0n) is 10.0. The molecule has 0 bridgehead atoms. The quantitative estimate of drug-likeness (QED) is 0.924. The number of halogens is 1. The summed E-state index contributed by atoms with van der Waals surface area (Å²) < 4.78 is 1.16. The van der Waals surface area contributed by atoms with E-state index in [4.69, 9.17) is 5.26 Å². The van der Waals surface area contributed by atoms with Crippen LogP contribution in [0, 0.1) is 18.3 Å². The van der Waals surface area contributed by atoms with Crippen molar-refractivity contribution in [2.24, 2.45) is 0 Å². The summed E-state index contributed by atoms with van der Waals surface area (Å²) in [5.74, 6) is 0. The number of nitrogens with one attached hydrogen (secondary N) is 1. The van der Waals surface area contributed by atoms with Crippen molar-refractivity contribution in [1.29, 1.82) is 5.26 Å². The average Bonchev–Trinajstić information content (AvgIpc) is 2.77. The molecule has 4 heteroatoms. The predicted octanol–water partition coefficient (Wildman–Crippen LogP) is 3.98. The molecule has 1 aromatic heterocycles. The summed E-state index contributed by atoms with van der Waals surface area (Å²) in [5, 5.41) is 14.3. The number of nitrogens with zero attached hydrogens (tertiary/aromatic N) is 1. The summed E-state index contributed by atoms with van der Waals surface area (Å²) in [6.07, 6.45) is 0. The Balaban J connectivity index is 1.95. The molecule has 0 atom stereocenters. The van der Waals surface area contributed by atoms with Crippen molar-refractivity contribution >= 4 is 27.3 Å². The maximum atomic E-state index is 8.82. The summed E-state index contributed by atoms with van der Waals surface area (Å²) in [5.41, 5.74) is 3.12. The molecule has 2 rings (SSSR count). The number of nitriles is 1. The SMILES string of the molecule is Cc1cc(C#N)ccc1CNCc1sccc1Br. The number of benzene rings is 1. The molecule has 1 aromatic carbocycles. The molecule has 0 fully saturated rings. The summed E-state index contributed by atoms with van der Waals surface area (Å²) in [6, 6.07) is 10.0. The first-order chi connectivity index (χ1) is 8.70. The van der Waals surface area contributed by atoms with Crippen molar-refractivity contribution in [3.05, 3.63) is 55.7 Å². The molecule has 0 unspecified atom stereocenters. The van der Waals surface area contributed by atoms with E-state index in [2.05, 4.69) is 38.8 Å². The Hall–Kier alpha value is -1.15. The monoisotopic (exact) mass is 320 g/mol. The molecule has 0 aliphatic carbocycles. The van der Waals surface area contributed by atoms with Crippen molar-refractivity contribution in [2.75, 3.05) is 0 Å². The van der Waals surface area contributed by atoms with Gasteiger partial charge in [0.2, 0.25) is 0 Å². The van der Waals surface area contributed by atoms with Gasteiger partial charge < -0.3 is 5.32 Å². The Kier molecular flexibility index (Phi) is 4.54. The van der Waals surface area contributed by atoms with Gasteiger partial charge in [0, 0.05) is 22.4 Å². The molecule has 2 nitrogen and oxygen atoms in total. The van der Waals surface area contributed by atoms with Crippen molar-refractivity contribution < 1.29 is 0 Å². The van der Waals surface area contributed by atoms with Crippen LogP contribution < -0.4 is 5.32 Å². The van der Waals surface area contributed by atoms with Crippen LogP contribution in [0.15, 0.2) is 34.1 Å². The van der Waals surface area contributed by atoms with Crippen LogP contribution >= 0.6 is 27.3 Å². The van der Waals surface area contributed by atoms with E-state index in [1.54, 1.807) is 11.3 Å². The molecule has 0 amide bonds. The normalized spacial score (nSPS) is 10.3. The van der Waals surface area contributed by atoms with Crippen LogP contribution in [-0.2, 0) is 13.1 Å². The largest absolute Gasteiger partial charge is 0.308 e. The first kappa shape index (κ1) is 13.3. The van der Waals surface area contributed by atoms with Crippen LogP contribution in [0.5, 0.6) is 0 Å². The molecule has 0 saturated carbocycles. The van der Waals surface area contributed by atoms with Crippen LogP contribution in [0.2, 0.25) is 0 Å². The highest BCUT2D eigenvalue weighted by atomic mass is 79.9. The van der Waals surface area contributed by atoms with Crippen molar-refractivity contribution in [2.45, 2.75) is 20.0 Å². The fourth-order valence-corrected chi connectivity index (χ4v) is 3.19. The first-order valence-corrected chi connectivity index (χ1v) is 7.30. The molecular formula is C14H13BrN2S. The third-order valence-corrected chi connectivity index (χ3v) is 4.69. The Labute approximate surface area is 119 Å². The van der Waals surface area contributed by atoms with Gasteiger partial charge in [-0.1, -0.05) is 6.07 Å². The highest BCUT2D eigenvalue weighted by molar-refractivity contribution is 9.10. The number of hydrogen-bond donors (Lipinski definition) is 1. The van der Waals surface area contributed by atoms with E-state index in [-0.39, 0.29) is 0 Å². The average molecular weight is 321 g/mol. The summed E-state index contributed by atoms with van der Waals surface area (Å²) in [6.45, 7) is 3.72. The minimum absolute atomic E-state index is 0.720. The van der Waals surface area contributed by atoms with E-state index in [0.717, 1.165) is 28.7 Å². The molecule has 1 heterocycles. The molecule has 0 radical (unpaired) electrons. The zero-order valence-corrected chi connectivity index (χ0v) is 12.4. The lowest BCUT2D eigenvalue weighted by Crippen LogP contribution is -2.13. The topological polar surface area (TPSA) is 35.8 Å². The number of hydrogen-bond acceptors (Lipinski definition) is 3. The Morgan fingerprint density at radius 2 is 2.17 bits per heavy atom. The maximum Gasteiger partial charge on any atom is 0.0991 e. The van der Waals surface area contributed by atoms with Gasteiger partial charge in [0.15, 0.2) is 0 Å². The van der Waals surface area contributed by atoms with Crippen LogP contribution in [0.4, 0.5) is 0 Å². The fraction of sp³-hybridized carbons (Fsp3) is 0.214. The molecule has 1 N–H and O–H groups in total. The van der Waals surface area contributed by atoms with Crippen LogP contribution in [-0.4, -0.2) is 0 Å². The molecule has 0 saturated heterocycles. The van der Waals surface area contributed by atoms with E-state index < -0.39 is 0 Å². The van der Waals surface area contributed by atoms with Gasteiger partial charge >= 0.3 is 0 Å². The van der Waals surface area contributed by atoms with Gasteiger partial charge in [0.25, 0.3) is 0 Å². The van der Waals surface area contributed by atoms with E-state index in [1.807, 2.05) is 25.1 Å². The van der Waals surface area contributed by atoms with E-state index in [0.29, 0.717) is 0 Å². The zero-order chi connectivity index (χ0) is 13.0. The van der Waals surface area contributed by atoms with Crippen LogP contribution in [0.1, 0.15) is 21.6 Å². The smallest absolute Gasteiger partial charge is 0.0991 e. The van der Waals surface area contributed by atoms with Crippen LogP contribution in [0.25, 0.3) is 0 Å². The van der Waals surface area contributed by atoms with Crippen molar-refractivity contribution in [3.63, 3.8) is 0 Å². The van der Waals surface area contributed by atoms with Gasteiger partial charge in [0.1, 0.15) is 0 Å². The number of aryl methyl sites for hydroxylation is 1. The first-order valence-electron chi connectivity index (χ1n) is 5.63. The number of rotatable bonds is 4. The fourth-order valence-electron chi connectivity index (χ4n) is 1.73. The Morgan fingerprint density at radius 1 is 1.33 bits per heavy atom. The summed E-state index contributed by atoms with van der Waals surface area (Å²) >= 11 is 5.26. The minimum atomic E-state index is 0.720. The van der Waals surface area contributed by atoms with Crippen LogP contribution in [0.3, 0.4) is 0 Å². The molecule has 18 heavy (non-hydrogen) atoms. The summed E-state index contributed by atoms with van der Waals surface area (Å²) in [4.78, 5) is 1.31. The van der Waals surface area contributed by atoms with Gasteiger partial charge in [-0.05, 0) is 57.6 Å². The van der Waals surface area contributed by atoms with E-state index in [9.17, 15) is 0 Å². The molecule has 2 aromatic rings. The molecule has 0 spiro atoms. The Morgan fingerprint density at radius 3 is 2.78 bits per heavy atom. The van der Waals surface area contributed by atoms with Gasteiger partial charge in [-0.3, -0.25) is 0 Å². The Bertz CT molecular complexity index is 584. The van der Waals surface area contributed by atoms with E-state index in [1.165, 1.54) is 10.4 Å². The third kappa shape index (κ3) is 3.20.